The minimum atomic E-state index is -0.831. The van der Waals surface area contributed by atoms with Crippen molar-refractivity contribution in [3.63, 3.8) is 0 Å². The molecule has 1 aromatic rings. The number of carbonyl (C=O) groups is 1. The van der Waals surface area contributed by atoms with Crippen LogP contribution in [0.3, 0.4) is 0 Å². The molecule has 3 nitrogen and oxygen atoms in total. The van der Waals surface area contributed by atoms with Crippen molar-refractivity contribution in [3.05, 3.63) is 29.3 Å². The number of hydrogen-bond acceptors (Lipinski definition) is 2. The van der Waals surface area contributed by atoms with Gasteiger partial charge < -0.3 is 10.0 Å². The van der Waals surface area contributed by atoms with Crippen LogP contribution in [-0.4, -0.2) is 23.7 Å². The van der Waals surface area contributed by atoms with E-state index in [0.717, 1.165) is 19.0 Å². The molecule has 0 unspecified atom stereocenters. The van der Waals surface area contributed by atoms with Crippen molar-refractivity contribution in [1.29, 1.82) is 0 Å². The first kappa shape index (κ1) is 8.77. The maximum atomic E-state index is 10.8. The second-order valence-electron chi connectivity index (χ2n) is 4.32. The lowest BCUT2D eigenvalue weighted by atomic mass is 10.1. The number of carboxylic acid groups (broad SMARTS) is 1. The number of fused-ring (bicyclic) bond motifs is 1. The summed E-state index contributed by atoms with van der Waals surface area (Å²) in [7, 11) is 0. The van der Waals surface area contributed by atoms with Crippen molar-refractivity contribution in [2.75, 3.05) is 11.4 Å². The van der Waals surface area contributed by atoms with Crippen molar-refractivity contribution in [2.45, 2.75) is 25.3 Å². The SMILES string of the molecule is O=C(O)c1ccc2c(c1)CCN2C1CC1. The van der Waals surface area contributed by atoms with Gasteiger partial charge in [0, 0.05) is 18.3 Å². The number of anilines is 1. The summed E-state index contributed by atoms with van der Waals surface area (Å²) in [6, 6.07) is 6.22. The monoisotopic (exact) mass is 203 g/mol. The molecular weight excluding hydrogens is 190 g/mol. The van der Waals surface area contributed by atoms with Gasteiger partial charge in [-0.25, -0.2) is 4.79 Å². The van der Waals surface area contributed by atoms with E-state index in [2.05, 4.69) is 4.90 Å². The van der Waals surface area contributed by atoms with E-state index >= 15 is 0 Å². The van der Waals surface area contributed by atoms with Gasteiger partial charge >= 0.3 is 5.97 Å². The van der Waals surface area contributed by atoms with Crippen LogP contribution in [0.1, 0.15) is 28.8 Å². The standard InChI is InChI=1S/C12H13NO2/c14-12(15)9-1-4-11-8(7-9)5-6-13(11)10-2-3-10/h1,4,7,10H,2-3,5-6H2,(H,14,15). The lowest BCUT2D eigenvalue weighted by Gasteiger charge is -2.18. The molecule has 1 heterocycles. The van der Waals surface area contributed by atoms with Gasteiger partial charge in [-0.15, -0.1) is 0 Å². The molecule has 0 amide bonds. The minimum Gasteiger partial charge on any atom is -0.478 e. The molecule has 1 aromatic carbocycles. The zero-order valence-corrected chi connectivity index (χ0v) is 8.44. The Balaban J connectivity index is 1.97. The molecule has 1 fully saturated rings. The minimum absolute atomic E-state index is 0.409. The number of carboxylic acids is 1. The molecule has 1 N–H and O–H groups in total. The Bertz CT molecular complexity index is 424. The van der Waals surface area contributed by atoms with Crippen LogP contribution in [-0.2, 0) is 6.42 Å². The Kier molecular flexibility index (Phi) is 1.75. The van der Waals surface area contributed by atoms with E-state index in [1.807, 2.05) is 12.1 Å². The van der Waals surface area contributed by atoms with Gasteiger partial charge in [-0.1, -0.05) is 0 Å². The number of benzene rings is 1. The van der Waals surface area contributed by atoms with Crippen molar-refractivity contribution in [2.24, 2.45) is 0 Å². The summed E-state index contributed by atoms with van der Waals surface area (Å²) in [5.74, 6) is -0.831. The molecule has 2 aliphatic rings. The van der Waals surface area contributed by atoms with Gasteiger partial charge in [0.2, 0.25) is 0 Å². The van der Waals surface area contributed by atoms with Gasteiger partial charge in [0.25, 0.3) is 0 Å². The summed E-state index contributed by atoms with van der Waals surface area (Å²) >= 11 is 0. The third-order valence-corrected chi connectivity index (χ3v) is 3.25. The molecule has 1 aliphatic carbocycles. The Labute approximate surface area is 88.3 Å². The second-order valence-corrected chi connectivity index (χ2v) is 4.32. The normalized spacial score (nSPS) is 19.1. The van der Waals surface area contributed by atoms with Crippen molar-refractivity contribution in [3.8, 4) is 0 Å². The summed E-state index contributed by atoms with van der Waals surface area (Å²) in [5.41, 5.74) is 2.86. The Morgan fingerprint density at radius 2 is 2.20 bits per heavy atom. The molecule has 3 heteroatoms. The predicted molar refractivity (Wildman–Crippen MR) is 57.5 cm³/mol. The number of rotatable bonds is 2. The summed E-state index contributed by atoms with van der Waals surface area (Å²) in [4.78, 5) is 13.2. The molecule has 0 radical (unpaired) electrons. The Morgan fingerprint density at radius 1 is 1.40 bits per heavy atom. The zero-order valence-electron chi connectivity index (χ0n) is 8.44. The summed E-state index contributed by atoms with van der Waals surface area (Å²) in [6.07, 6.45) is 3.58. The van der Waals surface area contributed by atoms with Crippen LogP contribution >= 0.6 is 0 Å². The molecular formula is C12H13NO2. The van der Waals surface area contributed by atoms with Crippen LogP contribution in [0.15, 0.2) is 18.2 Å². The zero-order chi connectivity index (χ0) is 10.4. The van der Waals surface area contributed by atoms with Gasteiger partial charge in [0.05, 0.1) is 5.56 Å². The number of hydrogen-bond donors (Lipinski definition) is 1. The average Bonchev–Trinajstić information content (AvgIpc) is 2.98. The molecule has 1 aliphatic heterocycles. The lowest BCUT2D eigenvalue weighted by molar-refractivity contribution is 0.0697. The van der Waals surface area contributed by atoms with E-state index in [9.17, 15) is 4.79 Å². The molecule has 0 atom stereocenters. The van der Waals surface area contributed by atoms with Crippen molar-refractivity contribution < 1.29 is 9.90 Å². The van der Waals surface area contributed by atoms with Crippen molar-refractivity contribution >= 4 is 11.7 Å². The highest BCUT2D eigenvalue weighted by molar-refractivity contribution is 5.88. The number of aromatic carboxylic acids is 1. The van der Waals surface area contributed by atoms with Crippen LogP contribution in [0.25, 0.3) is 0 Å². The smallest absolute Gasteiger partial charge is 0.335 e. The maximum Gasteiger partial charge on any atom is 0.335 e. The van der Waals surface area contributed by atoms with E-state index in [-0.39, 0.29) is 0 Å². The first-order chi connectivity index (χ1) is 7.25. The third-order valence-electron chi connectivity index (χ3n) is 3.25. The molecule has 0 spiro atoms. The summed E-state index contributed by atoms with van der Waals surface area (Å²) < 4.78 is 0. The van der Waals surface area contributed by atoms with Gasteiger partial charge in [0.15, 0.2) is 0 Å². The molecule has 3 rings (SSSR count). The van der Waals surface area contributed by atoms with E-state index in [1.54, 1.807) is 6.07 Å². The first-order valence-electron chi connectivity index (χ1n) is 5.38. The highest BCUT2D eigenvalue weighted by atomic mass is 16.4. The number of nitrogens with zero attached hydrogens (tertiary/aromatic N) is 1. The highest BCUT2D eigenvalue weighted by Gasteiger charge is 2.33. The fraction of sp³-hybridized carbons (Fsp3) is 0.417. The van der Waals surface area contributed by atoms with Crippen LogP contribution in [0, 0.1) is 0 Å². The molecule has 78 valence electrons. The quantitative estimate of drug-likeness (QED) is 0.798. The lowest BCUT2D eigenvalue weighted by Crippen LogP contribution is -2.22. The van der Waals surface area contributed by atoms with E-state index < -0.39 is 5.97 Å². The van der Waals surface area contributed by atoms with Crippen LogP contribution in [0.5, 0.6) is 0 Å². The van der Waals surface area contributed by atoms with E-state index in [0.29, 0.717) is 5.56 Å². The molecule has 0 aromatic heterocycles. The van der Waals surface area contributed by atoms with E-state index in [4.69, 9.17) is 5.11 Å². The summed E-state index contributed by atoms with van der Waals surface area (Å²) in [6.45, 7) is 1.06. The molecule has 1 saturated carbocycles. The first-order valence-corrected chi connectivity index (χ1v) is 5.38. The maximum absolute atomic E-state index is 10.8. The largest absolute Gasteiger partial charge is 0.478 e. The van der Waals surface area contributed by atoms with Gasteiger partial charge in [-0.2, -0.15) is 0 Å². The Hall–Kier alpha value is -1.51. The highest BCUT2D eigenvalue weighted by Crippen LogP contribution is 2.37. The van der Waals surface area contributed by atoms with Gasteiger partial charge in [-0.3, -0.25) is 0 Å². The topological polar surface area (TPSA) is 40.5 Å². The third kappa shape index (κ3) is 1.39. The van der Waals surface area contributed by atoms with Crippen molar-refractivity contribution in [1.82, 2.24) is 0 Å². The average molecular weight is 203 g/mol. The van der Waals surface area contributed by atoms with Gasteiger partial charge in [0.1, 0.15) is 0 Å². The molecule has 0 saturated heterocycles. The molecule has 15 heavy (non-hydrogen) atoms. The second kappa shape index (κ2) is 2.99. The van der Waals surface area contributed by atoms with Gasteiger partial charge in [-0.05, 0) is 43.0 Å². The van der Waals surface area contributed by atoms with Crippen LogP contribution < -0.4 is 4.90 Å². The summed E-state index contributed by atoms with van der Waals surface area (Å²) in [5, 5.41) is 8.89. The van der Waals surface area contributed by atoms with Crippen LogP contribution in [0.2, 0.25) is 0 Å². The van der Waals surface area contributed by atoms with E-state index in [1.165, 1.54) is 24.1 Å². The fourth-order valence-corrected chi connectivity index (χ4v) is 2.33. The molecule has 0 bridgehead atoms. The fourth-order valence-electron chi connectivity index (χ4n) is 2.33. The predicted octanol–water partition coefficient (Wildman–Crippen LogP) is 1.91. The van der Waals surface area contributed by atoms with Crippen LogP contribution in [0.4, 0.5) is 5.69 Å². The Morgan fingerprint density at radius 3 is 2.87 bits per heavy atom.